The van der Waals surface area contributed by atoms with E-state index in [1.807, 2.05) is 7.05 Å². The molecule has 1 aromatic carbocycles. The number of ether oxygens (including phenoxy) is 1. The summed E-state index contributed by atoms with van der Waals surface area (Å²) in [5.41, 5.74) is 0.883. The van der Waals surface area contributed by atoms with Crippen molar-refractivity contribution < 1.29 is 9.13 Å². The molecular weight excluding hydrogens is 193 g/mol. The van der Waals surface area contributed by atoms with Gasteiger partial charge in [0.2, 0.25) is 0 Å². The molecule has 0 aliphatic heterocycles. The van der Waals surface area contributed by atoms with Crippen LogP contribution in [0.2, 0.25) is 0 Å². The van der Waals surface area contributed by atoms with E-state index in [0.29, 0.717) is 12.6 Å². The number of rotatable bonds is 4. The Balaban J connectivity index is 2.87. The summed E-state index contributed by atoms with van der Waals surface area (Å²) in [6.07, 6.45) is 0. The molecule has 0 N–H and O–H groups in total. The molecule has 1 rings (SSSR count). The Labute approximate surface area is 90.7 Å². The molecule has 0 fully saturated rings. The van der Waals surface area contributed by atoms with Crippen LogP contribution in [0.5, 0.6) is 5.75 Å². The van der Waals surface area contributed by atoms with Crippen LogP contribution >= 0.6 is 0 Å². The van der Waals surface area contributed by atoms with Crippen molar-refractivity contribution in [3.05, 3.63) is 29.6 Å². The van der Waals surface area contributed by atoms with E-state index in [2.05, 4.69) is 18.7 Å². The van der Waals surface area contributed by atoms with Gasteiger partial charge in [0.25, 0.3) is 0 Å². The lowest BCUT2D eigenvalue weighted by atomic mass is 10.1. The molecule has 0 saturated carbocycles. The summed E-state index contributed by atoms with van der Waals surface area (Å²) in [7, 11) is 3.61. The number of methoxy groups -OCH3 is 1. The minimum atomic E-state index is -0.219. The van der Waals surface area contributed by atoms with Gasteiger partial charge in [0.05, 0.1) is 7.11 Å². The van der Waals surface area contributed by atoms with Crippen molar-refractivity contribution in [2.75, 3.05) is 14.2 Å². The molecular formula is C12H18FNO. The van der Waals surface area contributed by atoms with Gasteiger partial charge in [-0.15, -0.1) is 0 Å². The molecule has 0 unspecified atom stereocenters. The molecule has 1 aromatic rings. The second-order valence-corrected chi connectivity index (χ2v) is 3.97. The Kier molecular flexibility index (Phi) is 4.09. The van der Waals surface area contributed by atoms with Crippen LogP contribution in [-0.2, 0) is 6.54 Å². The molecule has 15 heavy (non-hydrogen) atoms. The normalized spacial score (nSPS) is 11.1. The lowest BCUT2D eigenvalue weighted by molar-refractivity contribution is 0.260. The Morgan fingerprint density at radius 1 is 1.40 bits per heavy atom. The van der Waals surface area contributed by atoms with E-state index in [4.69, 9.17) is 4.74 Å². The third kappa shape index (κ3) is 3.20. The van der Waals surface area contributed by atoms with E-state index >= 15 is 0 Å². The maximum absolute atomic E-state index is 13.1. The van der Waals surface area contributed by atoms with E-state index in [-0.39, 0.29) is 5.82 Å². The van der Waals surface area contributed by atoms with Gasteiger partial charge in [-0.1, -0.05) is 0 Å². The smallest absolute Gasteiger partial charge is 0.123 e. The molecule has 0 aliphatic carbocycles. The van der Waals surface area contributed by atoms with E-state index in [1.165, 1.54) is 12.1 Å². The van der Waals surface area contributed by atoms with E-state index < -0.39 is 0 Å². The predicted molar refractivity (Wildman–Crippen MR) is 59.6 cm³/mol. The third-order valence-electron chi connectivity index (χ3n) is 2.54. The van der Waals surface area contributed by atoms with Gasteiger partial charge < -0.3 is 4.74 Å². The summed E-state index contributed by atoms with van der Waals surface area (Å²) in [6, 6.07) is 5.03. The van der Waals surface area contributed by atoms with Crippen molar-refractivity contribution in [3.8, 4) is 5.75 Å². The van der Waals surface area contributed by atoms with Gasteiger partial charge in [-0.2, -0.15) is 0 Å². The van der Waals surface area contributed by atoms with Gasteiger partial charge in [0.1, 0.15) is 11.6 Å². The fraction of sp³-hybridized carbons (Fsp3) is 0.500. The summed E-state index contributed by atoms with van der Waals surface area (Å²) < 4.78 is 18.2. The van der Waals surface area contributed by atoms with Crippen LogP contribution in [0.1, 0.15) is 19.4 Å². The predicted octanol–water partition coefficient (Wildman–Crippen LogP) is 2.67. The average molecular weight is 211 g/mol. The molecule has 0 aromatic heterocycles. The zero-order valence-corrected chi connectivity index (χ0v) is 9.75. The van der Waals surface area contributed by atoms with Gasteiger partial charge in [0, 0.05) is 18.2 Å². The summed E-state index contributed by atoms with van der Waals surface area (Å²) in [6.45, 7) is 4.90. The molecule has 0 bridgehead atoms. The molecule has 0 aliphatic rings. The Bertz CT molecular complexity index is 325. The van der Waals surface area contributed by atoms with Gasteiger partial charge >= 0.3 is 0 Å². The number of nitrogens with zero attached hydrogens (tertiary/aromatic N) is 1. The van der Waals surface area contributed by atoms with Gasteiger partial charge in [-0.25, -0.2) is 4.39 Å². The third-order valence-corrected chi connectivity index (χ3v) is 2.54. The molecule has 0 heterocycles. The first-order valence-electron chi connectivity index (χ1n) is 5.07. The molecule has 0 radical (unpaired) electrons. The number of hydrogen-bond acceptors (Lipinski definition) is 2. The van der Waals surface area contributed by atoms with Crippen molar-refractivity contribution in [3.63, 3.8) is 0 Å². The van der Waals surface area contributed by atoms with Crippen molar-refractivity contribution in [2.24, 2.45) is 0 Å². The molecule has 0 atom stereocenters. The molecule has 0 spiro atoms. The summed E-state index contributed by atoms with van der Waals surface area (Å²) >= 11 is 0. The van der Waals surface area contributed by atoms with Crippen LogP contribution in [0, 0.1) is 5.82 Å². The molecule has 0 amide bonds. The average Bonchev–Trinajstić information content (AvgIpc) is 2.18. The fourth-order valence-corrected chi connectivity index (χ4v) is 1.32. The minimum absolute atomic E-state index is 0.219. The lowest BCUT2D eigenvalue weighted by Crippen LogP contribution is -2.25. The van der Waals surface area contributed by atoms with Crippen LogP contribution in [0.15, 0.2) is 18.2 Å². The van der Waals surface area contributed by atoms with Crippen LogP contribution in [-0.4, -0.2) is 25.1 Å². The highest BCUT2D eigenvalue weighted by Gasteiger charge is 2.09. The van der Waals surface area contributed by atoms with Crippen molar-refractivity contribution in [1.82, 2.24) is 4.90 Å². The standard InChI is InChI=1S/C12H18FNO/c1-9(2)14(3)8-10-7-11(13)5-6-12(10)15-4/h5-7,9H,8H2,1-4H3. The Hall–Kier alpha value is -1.09. The van der Waals surface area contributed by atoms with Gasteiger partial charge in [-0.05, 0) is 39.1 Å². The SMILES string of the molecule is COc1ccc(F)cc1CN(C)C(C)C. The van der Waals surface area contributed by atoms with Crippen molar-refractivity contribution in [2.45, 2.75) is 26.4 Å². The van der Waals surface area contributed by atoms with Gasteiger partial charge in [-0.3, -0.25) is 4.90 Å². The lowest BCUT2D eigenvalue weighted by Gasteiger charge is -2.22. The summed E-state index contributed by atoms with van der Waals surface area (Å²) in [5.74, 6) is 0.520. The number of hydrogen-bond donors (Lipinski definition) is 0. The molecule has 0 saturated heterocycles. The van der Waals surface area contributed by atoms with Crippen LogP contribution in [0.3, 0.4) is 0 Å². The highest BCUT2D eigenvalue weighted by molar-refractivity contribution is 5.33. The molecule has 84 valence electrons. The van der Waals surface area contributed by atoms with Crippen molar-refractivity contribution >= 4 is 0 Å². The largest absolute Gasteiger partial charge is 0.496 e. The molecule has 3 heteroatoms. The monoisotopic (exact) mass is 211 g/mol. The fourth-order valence-electron chi connectivity index (χ4n) is 1.32. The first-order valence-corrected chi connectivity index (χ1v) is 5.07. The van der Waals surface area contributed by atoms with E-state index in [9.17, 15) is 4.39 Å². The summed E-state index contributed by atoms with van der Waals surface area (Å²) in [4.78, 5) is 2.14. The first-order chi connectivity index (χ1) is 7.04. The highest BCUT2D eigenvalue weighted by Crippen LogP contribution is 2.21. The molecule has 2 nitrogen and oxygen atoms in total. The zero-order chi connectivity index (χ0) is 11.4. The maximum Gasteiger partial charge on any atom is 0.123 e. The zero-order valence-electron chi connectivity index (χ0n) is 9.75. The number of halogens is 1. The summed E-state index contributed by atoms with van der Waals surface area (Å²) in [5, 5.41) is 0. The Morgan fingerprint density at radius 3 is 2.60 bits per heavy atom. The highest BCUT2D eigenvalue weighted by atomic mass is 19.1. The van der Waals surface area contributed by atoms with Crippen LogP contribution in [0.25, 0.3) is 0 Å². The first kappa shape index (κ1) is 12.0. The maximum atomic E-state index is 13.1. The second kappa shape index (κ2) is 5.12. The second-order valence-electron chi connectivity index (χ2n) is 3.97. The van der Waals surface area contributed by atoms with Crippen molar-refractivity contribution in [1.29, 1.82) is 0 Å². The van der Waals surface area contributed by atoms with E-state index in [1.54, 1.807) is 13.2 Å². The van der Waals surface area contributed by atoms with Crippen LogP contribution in [0.4, 0.5) is 4.39 Å². The quantitative estimate of drug-likeness (QED) is 0.759. The number of benzene rings is 1. The Morgan fingerprint density at radius 2 is 2.07 bits per heavy atom. The van der Waals surface area contributed by atoms with Crippen LogP contribution < -0.4 is 4.74 Å². The topological polar surface area (TPSA) is 12.5 Å². The van der Waals surface area contributed by atoms with Gasteiger partial charge in [0.15, 0.2) is 0 Å². The minimum Gasteiger partial charge on any atom is -0.496 e. The van der Waals surface area contributed by atoms with E-state index in [0.717, 1.165) is 11.3 Å².